The molecule has 1 N–H and O–H groups in total. The van der Waals surface area contributed by atoms with Gasteiger partial charge in [0.25, 0.3) is 0 Å². The molecule has 5 nitrogen and oxygen atoms in total. The summed E-state index contributed by atoms with van der Waals surface area (Å²) in [6, 6.07) is 0. The molecule has 0 radical (unpaired) electrons. The van der Waals surface area contributed by atoms with E-state index >= 15 is 0 Å². The third-order valence-corrected chi connectivity index (χ3v) is 2.86. The van der Waals surface area contributed by atoms with Crippen molar-refractivity contribution in [2.75, 3.05) is 23.3 Å². The van der Waals surface area contributed by atoms with E-state index in [2.05, 4.69) is 29.2 Å². The quantitative estimate of drug-likeness (QED) is 0.834. The van der Waals surface area contributed by atoms with Crippen LogP contribution in [0.3, 0.4) is 0 Å². The minimum absolute atomic E-state index is 0.0553. The molecule has 1 aromatic heterocycles. The van der Waals surface area contributed by atoms with Crippen LogP contribution in [0, 0.1) is 0 Å². The molecule has 0 atom stereocenters. The van der Waals surface area contributed by atoms with Crippen molar-refractivity contribution in [3.8, 4) is 0 Å². The summed E-state index contributed by atoms with van der Waals surface area (Å²) < 4.78 is 1.86. The van der Waals surface area contributed by atoms with Gasteiger partial charge in [0.2, 0.25) is 5.91 Å². The molecule has 1 aliphatic rings. The van der Waals surface area contributed by atoms with E-state index < -0.39 is 0 Å². The van der Waals surface area contributed by atoms with Crippen molar-refractivity contribution in [2.24, 2.45) is 7.05 Å². The van der Waals surface area contributed by atoms with Gasteiger partial charge in [-0.2, -0.15) is 5.10 Å². The first-order chi connectivity index (χ1) is 7.67. The molecular formula is C11H18N4O. The van der Waals surface area contributed by atoms with E-state index in [4.69, 9.17) is 0 Å². The number of carbonyl (C=O) groups excluding carboxylic acids is 1. The number of amides is 1. The average Bonchev–Trinajstić information content (AvgIpc) is 2.55. The Hall–Kier alpha value is -1.52. The van der Waals surface area contributed by atoms with Gasteiger partial charge in [0, 0.05) is 13.6 Å². The van der Waals surface area contributed by atoms with Crippen molar-refractivity contribution in [3.63, 3.8) is 0 Å². The molecule has 1 aromatic rings. The second-order valence-corrected chi connectivity index (χ2v) is 4.08. The van der Waals surface area contributed by atoms with Crippen LogP contribution in [-0.4, -0.2) is 28.8 Å². The smallest absolute Gasteiger partial charge is 0.244 e. The highest BCUT2D eigenvalue weighted by Gasteiger charge is 2.27. The fourth-order valence-electron chi connectivity index (χ4n) is 2.16. The lowest BCUT2D eigenvalue weighted by molar-refractivity contribution is -0.115. The maximum atomic E-state index is 11.6. The highest BCUT2D eigenvalue weighted by molar-refractivity contribution is 6.01. The Balaban J connectivity index is 2.45. The summed E-state index contributed by atoms with van der Waals surface area (Å²) in [7, 11) is 1.93. The maximum absolute atomic E-state index is 11.6. The zero-order chi connectivity index (χ0) is 11.7. The summed E-state index contributed by atoms with van der Waals surface area (Å²) in [6.07, 6.45) is 1.94. The van der Waals surface area contributed by atoms with Gasteiger partial charge in [0.1, 0.15) is 5.69 Å². The SMILES string of the molecule is CCCc1nn(C)c2c1NC(=O)CN2CC. The van der Waals surface area contributed by atoms with Crippen LogP contribution in [0.15, 0.2) is 0 Å². The van der Waals surface area contributed by atoms with E-state index in [1.54, 1.807) is 0 Å². The molecule has 0 bridgehead atoms. The van der Waals surface area contributed by atoms with Crippen LogP contribution in [0.1, 0.15) is 26.0 Å². The van der Waals surface area contributed by atoms with Gasteiger partial charge in [-0.1, -0.05) is 13.3 Å². The topological polar surface area (TPSA) is 50.2 Å². The van der Waals surface area contributed by atoms with Crippen LogP contribution in [-0.2, 0) is 18.3 Å². The Morgan fingerprint density at radius 2 is 2.19 bits per heavy atom. The normalized spacial score (nSPS) is 14.9. The molecule has 1 aliphatic heterocycles. The molecule has 88 valence electrons. The molecule has 2 rings (SSSR count). The van der Waals surface area contributed by atoms with Crippen LogP contribution in [0.25, 0.3) is 0 Å². The van der Waals surface area contributed by atoms with Gasteiger partial charge in [-0.25, -0.2) is 0 Å². The predicted octanol–water partition coefficient (Wildman–Crippen LogP) is 1.15. The summed E-state index contributed by atoms with van der Waals surface area (Å²) in [5, 5.41) is 7.41. The molecular weight excluding hydrogens is 204 g/mol. The van der Waals surface area contributed by atoms with E-state index in [1.165, 1.54) is 0 Å². The lowest BCUT2D eigenvalue weighted by Crippen LogP contribution is -2.38. The van der Waals surface area contributed by atoms with Crippen molar-refractivity contribution in [1.29, 1.82) is 0 Å². The van der Waals surface area contributed by atoms with Crippen LogP contribution in [0.2, 0.25) is 0 Å². The molecule has 0 aromatic carbocycles. The highest BCUT2D eigenvalue weighted by atomic mass is 16.2. The largest absolute Gasteiger partial charge is 0.346 e. The standard InChI is InChI=1S/C11H18N4O/c1-4-6-8-10-11(14(3)13-8)15(5-2)7-9(16)12-10/h4-7H2,1-3H3,(H,12,16). The summed E-state index contributed by atoms with van der Waals surface area (Å²) in [5.74, 6) is 1.09. The summed E-state index contributed by atoms with van der Waals surface area (Å²) in [4.78, 5) is 13.6. The third kappa shape index (κ3) is 1.66. The Kier molecular flexibility index (Phi) is 2.85. The molecule has 1 amide bonds. The number of likely N-dealkylation sites (N-methyl/N-ethyl adjacent to an activating group) is 1. The number of nitrogens with zero attached hydrogens (tertiary/aromatic N) is 3. The lowest BCUT2D eigenvalue weighted by atomic mass is 10.2. The average molecular weight is 222 g/mol. The summed E-state index contributed by atoms with van der Waals surface area (Å²) >= 11 is 0. The first-order valence-electron chi connectivity index (χ1n) is 5.78. The molecule has 0 saturated carbocycles. The van der Waals surface area contributed by atoms with Gasteiger partial charge >= 0.3 is 0 Å². The Morgan fingerprint density at radius 1 is 1.44 bits per heavy atom. The second kappa shape index (κ2) is 4.15. The Labute approximate surface area is 95.4 Å². The van der Waals surface area contributed by atoms with E-state index in [9.17, 15) is 4.79 Å². The molecule has 0 saturated heterocycles. The summed E-state index contributed by atoms with van der Waals surface area (Å²) in [6.45, 7) is 5.41. The van der Waals surface area contributed by atoms with Crippen molar-refractivity contribution in [3.05, 3.63) is 5.69 Å². The number of fused-ring (bicyclic) bond motifs is 1. The zero-order valence-electron chi connectivity index (χ0n) is 10.1. The monoisotopic (exact) mass is 222 g/mol. The van der Waals surface area contributed by atoms with E-state index in [-0.39, 0.29) is 5.91 Å². The van der Waals surface area contributed by atoms with E-state index in [0.29, 0.717) is 6.54 Å². The van der Waals surface area contributed by atoms with Gasteiger partial charge < -0.3 is 10.2 Å². The zero-order valence-corrected chi connectivity index (χ0v) is 10.1. The predicted molar refractivity (Wildman–Crippen MR) is 63.7 cm³/mol. The molecule has 0 unspecified atom stereocenters. The summed E-state index contributed by atoms with van der Waals surface area (Å²) in [5.41, 5.74) is 1.90. The number of nitrogens with one attached hydrogen (secondary N) is 1. The first kappa shape index (κ1) is 11.0. The first-order valence-corrected chi connectivity index (χ1v) is 5.78. The third-order valence-electron chi connectivity index (χ3n) is 2.86. The number of anilines is 2. The molecule has 16 heavy (non-hydrogen) atoms. The molecule has 2 heterocycles. The Morgan fingerprint density at radius 3 is 2.81 bits per heavy atom. The van der Waals surface area contributed by atoms with Crippen LogP contribution < -0.4 is 10.2 Å². The number of carbonyl (C=O) groups is 1. The van der Waals surface area contributed by atoms with Gasteiger partial charge in [0.15, 0.2) is 5.82 Å². The maximum Gasteiger partial charge on any atom is 0.244 e. The number of hydrogen-bond acceptors (Lipinski definition) is 3. The van der Waals surface area contributed by atoms with E-state index in [1.807, 2.05) is 11.7 Å². The number of aryl methyl sites for hydroxylation is 2. The number of rotatable bonds is 3. The minimum atomic E-state index is 0.0553. The van der Waals surface area contributed by atoms with Crippen molar-refractivity contribution >= 4 is 17.4 Å². The lowest BCUT2D eigenvalue weighted by Gasteiger charge is -2.28. The van der Waals surface area contributed by atoms with E-state index in [0.717, 1.165) is 36.6 Å². The fourth-order valence-corrected chi connectivity index (χ4v) is 2.16. The van der Waals surface area contributed by atoms with Gasteiger partial charge in [0.05, 0.1) is 12.2 Å². The van der Waals surface area contributed by atoms with Crippen molar-refractivity contribution in [2.45, 2.75) is 26.7 Å². The molecule has 0 fully saturated rings. The van der Waals surface area contributed by atoms with Crippen LogP contribution in [0.5, 0.6) is 0 Å². The van der Waals surface area contributed by atoms with Gasteiger partial charge in [-0.15, -0.1) is 0 Å². The second-order valence-electron chi connectivity index (χ2n) is 4.08. The van der Waals surface area contributed by atoms with Crippen molar-refractivity contribution < 1.29 is 4.79 Å². The fraction of sp³-hybridized carbons (Fsp3) is 0.636. The van der Waals surface area contributed by atoms with Crippen molar-refractivity contribution in [1.82, 2.24) is 9.78 Å². The highest BCUT2D eigenvalue weighted by Crippen LogP contribution is 2.32. The van der Waals surface area contributed by atoms with Gasteiger partial charge in [-0.05, 0) is 13.3 Å². The molecule has 0 spiro atoms. The number of aromatic nitrogens is 2. The minimum Gasteiger partial charge on any atom is -0.346 e. The van der Waals surface area contributed by atoms with Gasteiger partial charge in [-0.3, -0.25) is 9.48 Å². The van der Waals surface area contributed by atoms with Crippen LogP contribution >= 0.6 is 0 Å². The van der Waals surface area contributed by atoms with Crippen LogP contribution in [0.4, 0.5) is 11.5 Å². The molecule has 5 heteroatoms. The Bertz CT molecular complexity index is 410. The molecule has 0 aliphatic carbocycles. The number of hydrogen-bond donors (Lipinski definition) is 1.